The highest BCUT2D eigenvalue weighted by Gasteiger charge is 2.28. The number of aromatic nitrogens is 2. The van der Waals surface area contributed by atoms with E-state index in [2.05, 4.69) is 4.98 Å². The minimum Gasteiger partial charge on any atom is -0.459 e. The first-order valence-electron chi connectivity index (χ1n) is 8.14. The number of carbonyl (C=O) groups excluding carboxylic acids is 1. The molecule has 136 valence electrons. The Labute approximate surface area is 147 Å². The maximum absolute atomic E-state index is 12.2. The van der Waals surface area contributed by atoms with Gasteiger partial charge in [0.1, 0.15) is 12.8 Å². The number of carbonyl (C=O) groups is 1. The standard InChI is InChI=1S/C17H16N2O7/c20-14-5-6-19(17(22)18-14)15-4-2-11(26-15)8-23-16(21)10-1-3-12-13(7-10)25-9-24-12/h1,3,5-7,11,15H,2,4,8-9H2,(H,18,20,22). The van der Waals surface area contributed by atoms with E-state index in [-0.39, 0.29) is 19.5 Å². The van der Waals surface area contributed by atoms with E-state index >= 15 is 0 Å². The van der Waals surface area contributed by atoms with Gasteiger partial charge in [-0.3, -0.25) is 14.3 Å². The number of ether oxygens (including phenoxy) is 4. The lowest BCUT2D eigenvalue weighted by atomic mass is 10.2. The molecule has 0 aliphatic carbocycles. The van der Waals surface area contributed by atoms with Gasteiger partial charge in [0.05, 0.1) is 11.7 Å². The normalized spacial score (nSPS) is 20.9. The van der Waals surface area contributed by atoms with Gasteiger partial charge in [-0.1, -0.05) is 0 Å². The number of H-pyrrole nitrogens is 1. The third kappa shape index (κ3) is 3.21. The molecule has 9 heteroatoms. The van der Waals surface area contributed by atoms with Crippen LogP contribution < -0.4 is 20.7 Å². The van der Waals surface area contributed by atoms with Crippen LogP contribution in [-0.4, -0.2) is 35.0 Å². The zero-order chi connectivity index (χ0) is 18.1. The van der Waals surface area contributed by atoms with Gasteiger partial charge in [-0.05, 0) is 31.0 Å². The first kappa shape index (κ1) is 16.4. The van der Waals surface area contributed by atoms with Crippen molar-refractivity contribution < 1.29 is 23.7 Å². The van der Waals surface area contributed by atoms with Crippen LogP contribution >= 0.6 is 0 Å². The molecule has 0 spiro atoms. The van der Waals surface area contributed by atoms with E-state index in [1.807, 2.05) is 0 Å². The Kier molecular flexibility index (Phi) is 4.21. The second-order valence-electron chi connectivity index (χ2n) is 5.97. The van der Waals surface area contributed by atoms with Crippen molar-refractivity contribution in [1.82, 2.24) is 9.55 Å². The van der Waals surface area contributed by atoms with Crippen LogP contribution in [0.2, 0.25) is 0 Å². The first-order valence-corrected chi connectivity index (χ1v) is 8.14. The minimum atomic E-state index is -0.527. The minimum absolute atomic E-state index is 0.0713. The first-order chi connectivity index (χ1) is 12.6. The van der Waals surface area contributed by atoms with Crippen LogP contribution in [-0.2, 0) is 9.47 Å². The van der Waals surface area contributed by atoms with E-state index in [1.54, 1.807) is 18.2 Å². The number of rotatable bonds is 4. The monoisotopic (exact) mass is 360 g/mol. The largest absolute Gasteiger partial charge is 0.459 e. The van der Waals surface area contributed by atoms with Gasteiger partial charge in [-0.2, -0.15) is 0 Å². The molecule has 0 saturated carbocycles. The number of nitrogens with zero attached hydrogens (tertiary/aromatic N) is 1. The fourth-order valence-electron chi connectivity index (χ4n) is 2.94. The number of benzene rings is 1. The molecule has 2 aliphatic heterocycles. The van der Waals surface area contributed by atoms with Crippen LogP contribution in [0.15, 0.2) is 40.1 Å². The molecule has 1 fully saturated rings. The number of nitrogens with one attached hydrogen (secondary N) is 1. The maximum atomic E-state index is 12.2. The quantitative estimate of drug-likeness (QED) is 0.803. The Balaban J connectivity index is 1.35. The van der Waals surface area contributed by atoms with Gasteiger partial charge in [0, 0.05) is 12.3 Å². The molecule has 2 aliphatic rings. The summed E-state index contributed by atoms with van der Waals surface area (Å²) in [6.07, 6.45) is 1.79. The van der Waals surface area contributed by atoms with E-state index in [0.29, 0.717) is 29.9 Å². The Morgan fingerprint density at radius 3 is 2.88 bits per heavy atom. The lowest BCUT2D eigenvalue weighted by Crippen LogP contribution is -2.31. The van der Waals surface area contributed by atoms with E-state index in [0.717, 1.165) is 0 Å². The second-order valence-corrected chi connectivity index (χ2v) is 5.97. The highest BCUT2D eigenvalue weighted by atomic mass is 16.7. The molecule has 4 rings (SSSR count). The van der Waals surface area contributed by atoms with Gasteiger partial charge < -0.3 is 18.9 Å². The summed E-state index contributed by atoms with van der Waals surface area (Å²) in [4.78, 5) is 37.3. The summed E-state index contributed by atoms with van der Waals surface area (Å²) in [6.45, 7) is 0.205. The lowest BCUT2D eigenvalue weighted by Gasteiger charge is -2.15. The molecule has 26 heavy (non-hydrogen) atoms. The Morgan fingerprint density at radius 2 is 2.04 bits per heavy atom. The van der Waals surface area contributed by atoms with Crippen LogP contribution in [0, 0.1) is 0 Å². The van der Waals surface area contributed by atoms with Crippen LogP contribution in [0.3, 0.4) is 0 Å². The van der Waals surface area contributed by atoms with E-state index in [1.165, 1.54) is 16.8 Å². The van der Waals surface area contributed by atoms with Crippen molar-refractivity contribution in [2.45, 2.75) is 25.2 Å². The lowest BCUT2D eigenvalue weighted by molar-refractivity contribution is -0.0340. The average Bonchev–Trinajstić information content (AvgIpc) is 3.28. The zero-order valence-electron chi connectivity index (χ0n) is 13.7. The molecular weight excluding hydrogens is 344 g/mol. The maximum Gasteiger partial charge on any atom is 0.338 e. The molecule has 2 atom stereocenters. The molecule has 1 N–H and O–H groups in total. The van der Waals surface area contributed by atoms with Crippen LogP contribution in [0.4, 0.5) is 0 Å². The molecule has 2 unspecified atom stereocenters. The third-order valence-corrected chi connectivity index (χ3v) is 4.26. The fourth-order valence-corrected chi connectivity index (χ4v) is 2.94. The molecule has 3 heterocycles. The molecule has 1 aromatic carbocycles. The second kappa shape index (κ2) is 6.68. The molecule has 2 aromatic rings. The highest BCUT2D eigenvalue weighted by molar-refractivity contribution is 5.90. The Bertz CT molecular complexity index is 949. The van der Waals surface area contributed by atoms with Gasteiger partial charge in [0.2, 0.25) is 6.79 Å². The van der Waals surface area contributed by atoms with Crippen LogP contribution in [0.1, 0.15) is 29.4 Å². The van der Waals surface area contributed by atoms with Crippen LogP contribution in [0.5, 0.6) is 11.5 Å². The predicted molar refractivity (Wildman–Crippen MR) is 87.3 cm³/mol. The molecule has 1 saturated heterocycles. The van der Waals surface area contributed by atoms with E-state index in [4.69, 9.17) is 18.9 Å². The van der Waals surface area contributed by atoms with Crippen LogP contribution in [0.25, 0.3) is 0 Å². The van der Waals surface area contributed by atoms with Gasteiger partial charge in [0.15, 0.2) is 11.5 Å². The number of fused-ring (bicyclic) bond motifs is 1. The summed E-state index contributed by atoms with van der Waals surface area (Å²) < 4.78 is 22.8. The average molecular weight is 360 g/mol. The summed E-state index contributed by atoms with van der Waals surface area (Å²) in [5, 5.41) is 0. The van der Waals surface area contributed by atoms with Gasteiger partial charge in [-0.25, -0.2) is 9.59 Å². The summed E-state index contributed by atoms with van der Waals surface area (Å²) in [7, 11) is 0. The SMILES string of the molecule is O=C(OCC1CCC(n2ccc(=O)[nH]c2=O)O1)c1ccc2c(c1)OCO2. The van der Waals surface area contributed by atoms with Crippen molar-refractivity contribution in [2.24, 2.45) is 0 Å². The predicted octanol–water partition coefficient (Wildman–Crippen LogP) is 0.800. The van der Waals surface area contributed by atoms with E-state index < -0.39 is 23.4 Å². The Morgan fingerprint density at radius 1 is 1.19 bits per heavy atom. The van der Waals surface area contributed by atoms with E-state index in [9.17, 15) is 14.4 Å². The number of aromatic amines is 1. The molecule has 1 aromatic heterocycles. The number of esters is 1. The number of hydrogen-bond acceptors (Lipinski definition) is 7. The Hall–Kier alpha value is -3.07. The summed E-state index contributed by atoms with van der Waals surface area (Å²) >= 11 is 0. The molecule has 0 radical (unpaired) electrons. The number of hydrogen-bond donors (Lipinski definition) is 1. The van der Waals surface area contributed by atoms with Crippen molar-refractivity contribution in [3.05, 3.63) is 56.9 Å². The van der Waals surface area contributed by atoms with Crippen molar-refractivity contribution in [1.29, 1.82) is 0 Å². The zero-order valence-corrected chi connectivity index (χ0v) is 13.7. The summed E-state index contributed by atoms with van der Waals surface area (Å²) in [5.41, 5.74) is -0.625. The topological polar surface area (TPSA) is 109 Å². The summed E-state index contributed by atoms with van der Waals surface area (Å²) in [5.74, 6) is 0.612. The smallest absolute Gasteiger partial charge is 0.338 e. The molecule has 0 bridgehead atoms. The molecular formula is C17H16N2O7. The van der Waals surface area contributed by atoms with Crippen molar-refractivity contribution in [3.63, 3.8) is 0 Å². The van der Waals surface area contributed by atoms with Crippen molar-refractivity contribution in [3.8, 4) is 11.5 Å². The van der Waals surface area contributed by atoms with Gasteiger partial charge >= 0.3 is 11.7 Å². The summed E-state index contributed by atoms with van der Waals surface area (Å²) in [6, 6.07) is 6.10. The van der Waals surface area contributed by atoms with Gasteiger partial charge in [-0.15, -0.1) is 0 Å². The van der Waals surface area contributed by atoms with Crippen molar-refractivity contribution >= 4 is 5.97 Å². The van der Waals surface area contributed by atoms with Crippen molar-refractivity contribution in [2.75, 3.05) is 13.4 Å². The van der Waals surface area contributed by atoms with Gasteiger partial charge in [0.25, 0.3) is 5.56 Å². The molecule has 0 amide bonds. The third-order valence-electron chi connectivity index (χ3n) is 4.26. The highest BCUT2D eigenvalue weighted by Crippen LogP contribution is 2.33. The molecule has 9 nitrogen and oxygen atoms in total. The fraction of sp³-hybridized carbons (Fsp3) is 0.353.